The van der Waals surface area contributed by atoms with Crippen LogP contribution in [0.2, 0.25) is 0 Å². The van der Waals surface area contributed by atoms with E-state index in [0.717, 1.165) is 12.1 Å². The Morgan fingerprint density at radius 2 is 1.76 bits per heavy atom. The van der Waals surface area contributed by atoms with E-state index < -0.39 is 51.3 Å². The second-order valence-electron chi connectivity index (χ2n) is 5.37. The van der Waals surface area contributed by atoms with Crippen LogP contribution in [-0.2, 0) is 25.2 Å². The lowest BCUT2D eigenvalue weighted by Crippen LogP contribution is -2.42. The van der Waals surface area contributed by atoms with Gasteiger partial charge >= 0.3 is 18.1 Å². The maximum atomic E-state index is 13.0. The number of cyclic esters (lactones) is 2. The lowest BCUT2D eigenvalue weighted by atomic mass is 10.1. The quantitative estimate of drug-likeness (QED) is 0.290. The maximum Gasteiger partial charge on any atom is 0.418 e. The second-order valence-corrected chi connectivity index (χ2v) is 5.37. The SMILES string of the molecule is CC1(C)OC(=O)C(=CNc2ccc([N+](=O)[O-])cc2C(F)(F)F)C(=O)O1. The standard InChI is InChI=1S/C14H11F3N2O6/c1-13(2)24-11(20)8(12(21)25-13)6-18-10-4-3-7(19(22)23)5-9(10)14(15,16)17/h3-6,18H,1-2H3. The summed E-state index contributed by atoms with van der Waals surface area (Å²) in [5.41, 5.74) is -3.33. The summed E-state index contributed by atoms with van der Waals surface area (Å²) in [7, 11) is 0. The Labute approximate surface area is 138 Å². The molecule has 1 saturated heterocycles. The fraction of sp³-hybridized carbons (Fsp3) is 0.286. The summed E-state index contributed by atoms with van der Waals surface area (Å²) in [6.07, 6.45) is -4.21. The van der Waals surface area contributed by atoms with Crippen LogP contribution in [0.3, 0.4) is 0 Å². The van der Waals surface area contributed by atoms with Crippen molar-refractivity contribution >= 4 is 23.3 Å². The van der Waals surface area contributed by atoms with Crippen LogP contribution in [0.15, 0.2) is 30.0 Å². The predicted molar refractivity (Wildman–Crippen MR) is 76.1 cm³/mol. The van der Waals surface area contributed by atoms with Crippen molar-refractivity contribution < 1.29 is 37.2 Å². The number of anilines is 1. The molecule has 0 atom stereocenters. The Bertz CT molecular complexity index is 763. The number of carbonyl (C=O) groups is 2. The molecule has 1 N–H and O–H groups in total. The zero-order valence-corrected chi connectivity index (χ0v) is 12.8. The van der Waals surface area contributed by atoms with E-state index in [1.807, 2.05) is 0 Å². The topological polar surface area (TPSA) is 108 Å². The number of nitrogens with zero attached hydrogens (tertiary/aromatic N) is 1. The van der Waals surface area contributed by atoms with Gasteiger partial charge in [0, 0.05) is 32.2 Å². The van der Waals surface area contributed by atoms with E-state index >= 15 is 0 Å². The molecule has 1 aromatic carbocycles. The van der Waals surface area contributed by atoms with E-state index in [2.05, 4.69) is 5.32 Å². The summed E-state index contributed by atoms with van der Waals surface area (Å²) in [6, 6.07) is 1.99. The molecule has 0 saturated carbocycles. The Balaban J connectivity index is 2.36. The zero-order valence-electron chi connectivity index (χ0n) is 12.8. The third-order valence-electron chi connectivity index (χ3n) is 3.01. The first-order valence-corrected chi connectivity index (χ1v) is 6.70. The first-order valence-electron chi connectivity index (χ1n) is 6.70. The first-order chi connectivity index (χ1) is 11.4. The number of carbonyl (C=O) groups excluding carboxylic acids is 2. The largest absolute Gasteiger partial charge is 0.419 e. The highest BCUT2D eigenvalue weighted by Gasteiger charge is 2.39. The fourth-order valence-electron chi connectivity index (χ4n) is 1.93. The van der Waals surface area contributed by atoms with Gasteiger partial charge in [-0.1, -0.05) is 0 Å². The molecule has 1 aliphatic rings. The van der Waals surface area contributed by atoms with Crippen molar-refractivity contribution in [1.82, 2.24) is 0 Å². The van der Waals surface area contributed by atoms with Crippen molar-refractivity contribution in [2.45, 2.75) is 25.8 Å². The molecule has 25 heavy (non-hydrogen) atoms. The van der Waals surface area contributed by atoms with E-state index in [0.29, 0.717) is 12.3 Å². The van der Waals surface area contributed by atoms with Crippen LogP contribution < -0.4 is 5.32 Å². The number of nitrogens with one attached hydrogen (secondary N) is 1. The lowest BCUT2D eigenvalue weighted by molar-refractivity contribution is -0.385. The fourth-order valence-corrected chi connectivity index (χ4v) is 1.93. The summed E-state index contributed by atoms with van der Waals surface area (Å²) in [6.45, 7) is 2.62. The van der Waals surface area contributed by atoms with E-state index in [1.165, 1.54) is 13.8 Å². The molecule has 8 nitrogen and oxygen atoms in total. The molecule has 0 bridgehead atoms. The molecule has 1 aliphatic heterocycles. The van der Waals surface area contributed by atoms with Gasteiger partial charge in [0.2, 0.25) is 0 Å². The van der Waals surface area contributed by atoms with Crippen LogP contribution in [0.1, 0.15) is 19.4 Å². The number of nitro groups is 1. The van der Waals surface area contributed by atoms with Crippen LogP contribution in [0.4, 0.5) is 24.5 Å². The van der Waals surface area contributed by atoms with Crippen molar-refractivity contribution in [1.29, 1.82) is 0 Å². The molecule has 2 rings (SSSR count). The minimum atomic E-state index is -4.90. The number of alkyl halides is 3. The molecule has 0 spiro atoms. The summed E-state index contributed by atoms with van der Waals surface area (Å²) in [4.78, 5) is 33.1. The molecular weight excluding hydrogens is 349 g/mol. The first kappa shape index (κ1) is 18.2. The maximum absolute atomic E-state index is 13.0. The molecule has 1 aromatic rings. The molecule has 11 heteroatoms. The molecule has 0 aromatic heterocycles. The summed E-state index contributed by atoms with van der Waals surface area (Å²) in [5.74, 6) is -3.65. The number of ether oxygens (including phenoxy) is 2. The molecular formula is C14H11F3N2O6. The summed E-state index contributed by atoms with van der Waals surface area (Å²) in [5, 5.41) is 12.8. The Hall–Kier alpha value is -3.11. The second kappa shape index (κ2) is 6.07. The normalized spacial score (nSPS) is 16.8. The van der Waals surface area contributed by atoms with E-state index in [4.69, 9.17) is 9.47 Å². The van der Waals surface area contributed by atoms with Crippen molar-refractivity contribution in [3.63, 3.8) is 0 Å². The molecule has 0 aliphatic carbocycles. The van der Waals surface area contributed by atoms with Gasteiger partial charge in [-0.05, 0) is 6.07 Å². The van der Waals surface area contributed by atoms with Crippen LogP contribution in [0.5, 0.6) is 0 Å². The van der Waals surface area contributed by atoms with Gasteiger partial charge in [0.25, 0.3) is 11.5 Å². The smallest absolute Gasteiger partial charge is 0.418 e. The van der Waals surface area contributed by atoms with Crippen molar-refractivity contribution in [2.24, 2.45) is 0 Å². The van der Waals surface area contributed by atoms with E-state index in [-0.39, 0.29) is 0 Å². The number of esters is 2. The zero-order chi connectivity index (χ0) is 19.0. The number of benzene rings is 1. The molecule has 0 unspecified atom stereocenters. The molecule has 134 valence electrons. The van der Waals surface area contributed by atoms with Gasteiger partial charge in [-0.15, -0.1) is 0 Å². The highest BCUT2D eigenvalue weighted by molar-refractivity contribution is 6.15. The van der Waals surface area contributed by atoms with E-state index in [1.54, 1.807) is 0 Å². The molecule has 1 heterocycles. The minimum absolute atomic E-state index is 0.335. The van der Waals surface area contributed by atoms with Gasteiger partial charge in [0.15, 0.2) is 5.57 Å². The van der Waals surface area contributed by atoms with Gasteiger partial charge in [-0.2, -0.15) is 13.2 Å². The Morgan fingerprint density at radius 3 is 2.24 bits per heavy atom. The molecule has 0 amide bonds. The van der Waals surface area contributed by atoms with E-state index in [9.17, 15) is 32.9 Å². The third kappa shape index (κ3) is 4.05. The number of non-ortho nitro benzene ring substituents is 1. The number of hydrogen-bond acceptors (Lipinski definition) is 7. The Kier molecular flexibility index (Phi) is 4.43. The summed E-state index contributed by atoms with van der Waals surface area (Å²) >= 11 is 0. The van der Waals surface area contributed by atoms with Crippen LogP contribution >= 0.6 is 0 Å². The third-order valence-corrected chi connectivity index (χ3v) is 3.01. The predicted octanol–water partition coefficient (Wildman–Crippen LogP) is 2.75. The molecule has 1 fully saturated rings. The number of nitro benzene ring substituents is 1. The van der Waals surface area contributed by atoms with Crippen molar-refractivity contribution in [2.75, 3.05) is 5.32 Å². The molecule has 0 radical (unpaired) electrons. The van der Waals surface area contributed by atoms with Gasteiger partial charge in [0.05, 0.1) is 16.2 Å². The number of hydrogen-bond donors (Lipinski definition) is 1. The minimum Gasteiger partial charge on any atom is -0.419 e. The van der Waals surface area contributed by atoms with Crippen LogP contribution in [-0.4, -0.2) is 22.6 Å². The van der Waals surface area contributed by atoms with Crippen LogP contribution in [0.25, 0.3) is 0 Å². The number of halogens is 3. The van der Waals surface area contributed by atoms with Gasteiger partial charge < -0.3 is 14.8 Å². The van der Waals surface area contributed by atoms with Crippen molar-refractivity contribution in [3.8, 4) is 0 Å². The van der Waals surface area contributed by atoms with Gasteiger partial charge in [-0.25, -0.2) is 9.59 Å². The highest BCUT2D eigenvalue weighted by atomic mass is 19.4. The highest BCUT2D eigenvalue weighted by Crippen LogP contribution is 2.37. The summed E-state index contributed by atoms with van der Waals surface area (Å²) < 4.78 is 48.7. The number of rotatable bonds is 3. The Morgan fingerprint density at radius 1 is 1.20 bits per heavy atom. The van der Waals surface area contributed by atoms with Crippen molar-refractivity contribution in [3.05, 3.63) is 45.6 Å². The lowest BCUT2D eigenvalue weighted by Gasteiger charge is -2.29. The average molecular weight is 360 g/mol. The monoisotopic (exact) mass is 360 g/mol. The average Bonchev–Trinajstić information content (AvgIpc) is 2.43. The van der Waals surface area contributed by atoms with Gasteiger partial charge in [0.1, 0.15) is 0 Å². The van der Waals surface area contributed by atoms with Gasteiger partial charge in [-0.3, -0.25) is 10.1 Å². The van der Waals surface area contributed by atoms with Crippen LogP contribution in [0, 0.1) is 10.1 Å².